The maximum absolute atomic E-state index is 12.2. The summed E-state index contributed by atoms with van der Waals surface area (Å²) in [6.07, 6.45) is 2.23. The summed E-state index contributed by atoms with van der Waals surface area (Å²) < 4.78 is 0. The zero-order chi connectivity index (χ0) is 13.3. The lowest BCUT2D eigenvalue weighted by atomic mass is 9.88. The standard InChI is InChI=1S/C15H16N2O/c1-15(2,3)7-14(18)12-9-17-13-5-4-10(8-16)6-11(12)13/h4-6,9,17H,7H2,1-3H3. The van der Waals surface area contributed by atoms with Crippen molar-refractivity contribution in [2.45, 2.75) is 27.2 Å². The molecule has 3 nitrogen and oxygen atoms in total. The van der Waals surface area contributed by atoms with E-state index in [0.717, 1.165) is 10.9 Å². The topological polar surface area (TPSA) is 56.6 Å². The van der Waals surface area contributed by atoms with Gasteiger partial charge < -0.3 is 4.98 Å². The van der Waals surface area contributed by atoms with E-state index in [1.54, 1.807) is 18.3 Å². The van der Waals surface area contributed by atoms with E-state index in [1.165, 1.54) is 0 Å². The third kappa shape index (κ3) is 2.43. The van der Waals surface area contributed by atoms with Crippen LogP contribution in [0.25, 0.3) is 10.9 Å². The molecule has 0 spiro atoms. The lowest BCUT2D eigenvalue weighted by molar-refractivity contribution is 0.0941. The number of carbonyl (C=O) groups is 1. The number of Topliss-reactive ketones (excluding diaryl/α,β-unsaturated/α-hetero) is 1. The summed E-state index contributed by atoms with van der Waals surface area (Å²) in [6, 6.07) is 7.45. The lowest BCUT2D eigenvalue weighted by Crippen LogP contribution is -2.12. The molecule has 92 valence electrons. The number of aromatic amines is 1. The monoisotopic (exact) mass is 240 g/mol. The smallest absolute Gasteiger partial charge is 0.165 e. The highest BCUT2D eigenvalue weighted by Crippen LogP contribution is 2.26. The molecular formula is C15H16N2O. The number of nitrogens with one attached hydrogen (secondary N) is 1. The second kappa shape index (κ2) is 4.30. The van der Waals surface area contributed by atoms with Crippen LogP contribution in [-0.4, -0.2) is 10.8 Å². The highest BCUT2D eigenvalue weighted by Gasteiger charge is 2.19. The summed E-state index contributed by atoms with van der Waals surface area (Å²) in [6.45, 7) is 6.13. The normalized spacial score (nSPS) is 11.4. The summed E-state index contributed by atoms with van der Waals surface area (Å²) in [5.74, 6) is 0.115. The first-order valence-electron chi connectivity index (χ1n) is 5.95. The lowest BCUT2D eigenvalue weighted by Gasteiger charge is -2.16. The molecule has 1 aromatic carbocycles. The van der Waals surface area contributed by atoms with Gasteiger partial charge in [0.1, 0.15) is 0 Å². The number of fused-ring (bicyclic) bond motifs is 1. The fourth-order valence-electron chi connectivity index (χ4n) is 2.00. The van der Waals surface area contributed by atoms with Crippen LogP contribution >= 0.6 is 0 Å². The number of carbonyl (C=O) groups excluding carboxylic acids is 1. The fourth-order valence-corrected chi connectivity index (χ4v) is 2.00. The van der Waals surface area contributed by atoms with Gasteiger partial charge in [0.25, 0.3) is 0 Å². The van der Waals surface area contributed by atoms with Crippen molar-refractivity contribution in [3.05, 3.63) is 35.5 Å². The van der Waals surface area contributed by atoms with Crippen molar-refractivity contribution < 1.29 is 4.79 Å². The van der Waals surface area contributed by atoms with Crippen LogP contribution in [0.5, 0.6) is 0 Å². The number of ketones is 1. The summed E-state index contributed by atoms with van der Waals surface area (Å²) in [4.78, 5) is 15.3. The molecule has 0 radical (unpaired) electrons. The van der Waals surface area contributed by atoms with E-state index < -0.39 is 0 Å². The molecule has 0 unspecified atom stereocenters. The van der Waals surface area contributed by atoms with Gasteiger partial charge in [-0.05, 0) is 23.6 Å². The molecule has 18 heavy (non-hydrogen) atoms. The van der Waals surface area contributed by atoms with Crippen molar-refractivity contribution in [3.8, 4) is 6.07 Å². The van der Waals surface area contributed by atoms with Gasteiger partial charge in [0.15, 0.2) is 5.78 Å². The Bertz CT molecular complexity index is 639. The van der Waals surface area contributed by atoms with Gasteiger partial charge in [0, 0.05) is 29.1 Å². The molecule has 2 rings (SSSR count). The van der Waals surface area contributed by atoms with Crippen LogP contribution in [0, 0.1) is 16.7 Å². The summed E-state index contributed by atoms with van der Waals surface area (Å²) in [7, 11) is 0. The molecule has 3 heteroatoms. The molecule has 0 aliphatic heterocycles. The first-order chi connectivity index (χ1) is 8.40. The number of rotatable bonds is 2. The fraction of sp³-hybridized carbons (Fsp3) is 0.333. The maximum atomic E-state index is 12.2. The molecule has 0 saturated carbocycles. The molecule has 0 amide bonds. The Hall–Kier alpha value is -2.08. The molecule has 1 aromatic heterocycles. The van der Waals surface area contributed by atoms with E-state index in [2.05, 4.69) is 11.1 Å². The molecule has 0 fully saturated rings. The molecule has 0 atom stereocenters. The summed E-state index contributed by atoms with van der Waals surface area (Å²) in [5.41, 5.74) is 2.11. The van der Waals surface area contributed by atoms with Crippen LogP contribution in [0.3, 0.4) is 0 Å². The molecule has 0 saturated heterocycles. The van der Waals surface area contributed by atoms with Crippen LogP contribution in [0.1, 0.15) is 43.1 Å². The third-order valence-electron chi connectivity index (χ3n) is 2.80. The van der Waals surface area contributed by atoms with Gasteiger partial charge in [-0.1, -0.05) is 20.8 Å². The minimum absolute atomic E-state index is 0.0342. The van der Waals surface area contributed by atoms with Gasteiger partial charge in [0.2, 0.25) is 0 Å². The van der Waals surface area contributed by atoms with E-state index >= 15 is 0 Å². The zero-order valence-electron chi connectivity index (χ0n) is 10.9. The van der Waals surface area contributed by atoms with E-state index in [0.29, 0.717) is 17.5 Å². The highest BCUT2D eigenvalue weighted by atomic mass is 16.1. The predicted molar refractivity (Wildman–Crippen MR) is 71.4 cm³/mol. The van der Waals surface area contributed by atoms with Crippen LogP contribution in [-0.2, 0) is 0 Å². The minimum atomic E-state index is -0.0342. The Morgan fingerprint density at radius 3 is 2.72 bits per heavy atom. The molecular weight excluding hydrogens is 224 g/mol. The average molecular weight is 240 g/mol. The number of hydrogen-bond acceptors (Lipinski definition) is 2. The largest absolute Gasteiger partial charge is 0.360 e. The zero-order valence-corrected chi connectivity index (χ0v) is 10.9. The van der Waals surface area contributed by atoms with Crippen LogP contribution in [0.15, 0.2) is 24.4 Å². The van der Waals surface area contributed by atoms with Crippen molar-refractivity contribution in [1.29, 1.82) is 5.26 Å². The van der Waals surface area contributed by atoms with Crippen molar-refractivity contribution in [2.75, 3.05) is 0 Å². The second-order valence-corrected chi connectivity index (χ2v) is 5.74. The van der Waals surface area contributed by atoms with Crippen molar-refractivity contribution in [1.82, 2.24) is 4.98 Å². The molecule has 2 aromatic rings. The number of H-pyrrole nitrogens is 1. The highest BCUT2D eigenvalue weighted by molar-refractivity contribution is 6.08. The number of benzene rings is 1. The third-order valence-corrected chi connectivity index (χ3v) is 2.80. The van der Waals surface area contributed by atoms with Crippen molar-refractivity contribution in [2.24, 2.45) is 5.41 Å². The number of nitrogens with zero attached hydrogens (tertiary/aromatic N) is 1. The van der Waals surface area contributed by atoms with Gasteiger partial charge in [-0.2, -0.15) is 5.26 Å². The van der Waals surface area contributed by atoms with Crippen molar-refractivity contribution >= 4 is 16.7 Å². The molecule has 1 N–H and O–H groups in total. The number of hydrogen-bond donors (Lipinski definition) is 1. The molecule has 1 heterocycles. The predicted octanol–water partition coefficient (Wildman–Crippen LogP) is 3.66. The van der Waals surface area contributed by atoms with Gasteiger partial charge in [-0.25, -0.2) is 0 Å². The minimum Gasteiger partial charge on any atom is -0.360 e. The van der Waals surface area contributed by atoms with E-state index in [1.807, 2.05) is 26.8 Å². The molecule has 0 bridgehead atoms. The van der Waals surface area contributed by atoms with Crippen LogP contribution in [0.2, 0.25) is 0 Å². The summed E-state index contributed by atoms with van der Waals surface area (Å²) >= 11 is 0. The SMILES string of the molecule is CC(C)(C)CC(=O)c1c[nH]c2ccc(C#N)cc12. The van der Waals surface area contributed by atoms with Crippen LogP contribution < -0.4 is 0 Å². The number of aromatic nitrogens is 1. The second-order valence-electron chi connectivity index (χ2n) is 5.74. The first-order valence-corrected chi connectivity index (χ1v) is 5.95. The Balaban J connectivity index is 2.46. The maximum Gasteiger partial charge on any atom is 0.165 e. The Labute approximate surface area is 106 Å². The quantitative estimate of drug-likeness (QED) is 0.814. The Morgan fingerprint density at radius 1 is 1.39 bits per heavy atom. The van der Waals surface area contributed by atoms with Crippen LogP contribution in [0.4, 0.5) is 0 Å². The first kappa shape index (κ1) is 12.4. The molecule has 0 aliphatic rings. The van der Waals surface area contributed by atoms with E-state index in [4.69, 9.17) is 5.26 Å². The average Bonchev–Trinajstić information content (AvgIpc) is 2.69. The Morgan fingerprint density at radius 2 is 2.11 bits per heavy atom. The number of nitriles is 1. The van der Waals surface area contributed by atoms with E-state index in [-0.39, 0.29) is 11.2 Å². The Kier molecular flexibility index (Phi) is 2.96. The summed E-state index contributed by atoms with van der Waals surface area (Å²) in [5, 5.41) is 9.74. The van der Waals surface area contributed by atoms with Gasteiger partial charge in [-0.3, -0.25) is 4.79 Å². The van der Waals surface area contributed by atoms with E-state index in [9.17, 15) is 4.79 Å². The van der Waals surface area contributed by atoms with Gasteiger partial charge >= 0.3 is 0 Å². The molecule has 0 aliphatic carbocycles. The van der Waals surface area contributed by atoms with Gasteiger partial charge in [-0.15, -0.1) is 0 Å². The van der Waals surface area contributed by atoms with Crippen molar-refractivity contribution in [3.63, 3.8) is 0 Å². The van der Waals surface area contributed by atoms with Gasteiger partial charge in [0.05, 0.1) is 11.6 Å².